The van der Waals surface area contributed by atoms with E-state index >= 15 is 0 Å². The number of hydrogen-bond donors (Lipinski definition) is 2. The highest BCUT2D eigenvalue weighted by Gasteiger charge is 2.13. The lowest BCUT2D eigenvalue weighted by molar-refractivity contribution is 0.231. The first-order valence-electron chi connectivity index (χ1n) is 6.23. The predicted molar refractivity (Wildman–Crippen MR) is 72.4 cm³/mol. The van der Waals surface area contributed by atoms with Gasteiger partial charge in [-0.3, -0.25) is 5.10 Å². The summed E-state index contributed by atoms with van der Waals surface area (Å²) in [5.74, 6) is -0.143. The number of nitrogens with one attached hydrogen (secondary N) is 1. The zero-order valence-electron chi connectivity index (χ0n) is 11.3. The number of aryl methyl sites for hydroxylation is 1. The number of nitrogens with zero attached hydrogens (tertiary/aromatic N) is 1. The topological polar surface area (TPSA) is 63.9 Å². The van der Waals surface area contributed by atoms with Crippen LogP contribution in [0.25, 0.3) is 11.3 Å². The van der Waals surface area contributed by atoms with Crippen molar-refractivity contribution in [1.29, 1.82) is 0 Å². The lowest BCUT2D eigenvalue weighted by atomic mass is 10.1. The smallest absolute Gasteiger partial charge is 0.165 e. The zero-order valence-corrected chi connectivity index (χ0v) is 11.3. The van der Waals surface area contributed by atoms with Gasteiger partial charge in [-0.05, 0) is 39.0 Å². The number of aromatic nitrogens is 2. The molecule has 0 aliphatic carbocycles. The molecule has 0 aliphatic heterocycles. The Balaban J connectivity index is 2.39. The SMILES string of the molecule is Cc1[nH]nc(-c2ccc(OC(C)C)c(F)c2)c1CN. The Kier molecular flexibility index (Phi) is 3.85. The minimum Gasteiger partial charge on any atom is -0.488 e. The van der Waals surface area contributed by atoms with Crippen molar-refractivity contribution in [2.75, 3.05) is 0 Å². The van der Waals surface area contributed by atoms with Crippen LogP contribution in [0.2, 0.25) is 0 Å². The van der Waals surface area contributed by atoms with Crippen LogP contribution in [0.15, 0.2) is 18.2 Å². The summed E-state index contributed by atoms with van der Waals surface area (Å²) in [5, 5.41) is 7.05. The molecule has 0 saturated carbocycles. The summed E-state index contributed by atoms with van der Waals surface area (Å²) < 4.78 is 19.3. The highest BCUT2D eigenvalue weighted by molar-refractivity contribution is 5.64. The van der Waals surface area contributed by atoms with E-state index in [0.717, 1.165) is 11.3 Å². The van der Waals surface area contributed by atoms with Crippen LogP contribution in [0.5, 0.6) is 5.75 Å². The van der Waals surface area contributed by atoms with Crippen molar-refractivity contribution in [3.8, 4) is 17.0 Å². The highest BCUT2D eigenvalue weighted by Crippen LogP contribution is 2.28. The maximum Gasteiger partial charge on any atom is 0.165 e. The zero-order chi connectivity index (χ0) is 14.0. The van der Waals surface area contributed by atoms with Gasteiger partial charge in [-0.2, -0.15) is 5.10 Å². The molecule has 0 spiro atoms. The molecule has 0 atom stereocenters. The molecule has 0 saturated heterocycles. The molecule has 2 aromatic rings. The van der Waals surface area contributed by atoms with Crippen LogP contribution in [0.1, 0.15) is 25.1 Å². The van der Waals surface area contributed by atoms with Crippen molar-refractivity contribution in [3.63, 3.8) is 0 Å². The van der Waals surface area contributed by atoms with Crippen LogP contribution in [-0.4, -0.2) is 16.3 Å². The number of rotatable bonds is 4. The first-order valence-corrected chi connectivity index (χ1v) is 6.23. The quantitative estimate of drug-likeness (QED) is 0.891. The fourth-order valence-corrected chi connectivity index (χ4v) is 1.94. The van der Waals surface area contributed by atoms with E-state index < -0.39 is 5.82 Å². The monoisotopic (exact) mass is 263 g/mol. The molecule has 0 amide bonds. The number of H-pyrrole nitrogens is 1. The van der Waals surface area contributed by atoms with E-state index in [1.807, 2.05) is 20.8 Å². The standard InChI is InChI=1S/C14H18FN3O/c1-8(2)19-13-5-4-10(6-12(13)15)14-11(7-16)9(3)17-18-14/h4-6,8H,7,16H2,1-3H3,(H,17,18). The number of aromatic amines is 1. The number of benzene rings is 1. The summed E-state index contributed by atoms with van der Waals surface area (Å²) >= 11 is 0. The third kappa shape index (κ3) is 2.76. The maximum absolute atomic E-state index is 13.9. The number of halogens is 1. The average molecular weight is 263 g/mol. The normalized spacial score (nSPS) is 11.1. The van der Waals surface area contributed by atoms with Crippen LogP contribution in [-0.2, 0) is 6.54 Å². The number of hydrogen-bond acceptors (Lipinski definition) is 3. The van der Waals surface area contributed by atoms with Gasteiger partial charge in [0.05, 0.1) is 11.8 Å². The maximum atomic E-state index is 13.9. The van der Waals surface area contributed by atoms with E-state index in [1.165, 1.54) is 6.07 Å². The highest BCUT2D eigenvalue weighted by atomic mass is 19.1. The fourth-order valence-electron chi connectivity index (χ4n) is 1.94. The molecular formula is C14H18FN3O. The van der Waals surface area contributed by atoms with E-state index in [9.17, 15) is 4.39 Å². The molecule has 3 N–H and O–H groups in total. The summed E-state index contributed by atoms with van der Waals surface area (Å²) in [4.78, 5) is 0. The Morgan fingerprint density at radius 1 is 1.42 bits per heavy atom. The molecule has 0 radical (unpaired) electrons. The van der Waals surface area contributed by atoms with Crippen LogP contribution < -0.4 is 10.5 Å². The van der Waals surface area contributed by atoms with Gasteiger partial charge in [-0.15, -0.1) is 0 Å². The molecule has 102 valence electrons. The van der Waals surface area contributed by atoms with Gasteiger partial charge in [-0.1, -0.05) is 0 Å². The summed E-state index contributed by atoms with van der Waals surface area (Å²) in [6.45, 7) is 5.97. The molecule has 19 heavy (non-hydrogen) atoms. The molecule has 5 heteroatoms. The molecule has 0 fully saturated rings. The fraction of sp³-hybridized carbons (Fsp3) is 0.357. The van der Waals surface area contributed by atoms with Gasteiger partial charge in [0.25, 0.3) is 0 Å². The lowest BCUT2D eigenvalue weighted by Crippen LogP contribution is -2.07. The Morgan fingerprint density at radius 2 is 2.16 bits per heavy atom. The van der Waals surface area contributed by atoms with Crippen LogP contribution in [0.4, 0.5) is 4.39 Å². The molecular weight excluding hydrogens is 245 g/mol. The summed E-state index contributed by atoms with van der Waals surface area (Å²) in [7, 11) is 0. The first kappa shape index (κ1) is 13.5. The van der Waals surface area contributed by atoms with Gasteiger partial charge >= 0.3 is 0 Å². The van der Waals surface area contributed by atoms with E-state index in [-0.39, 0.29) is 11.9 Å². The number of nitrogens with two attached hydrogens (primary N) is 1. The molecule has 1 aromatic carbocycles. The van der Waals surface area contributed by atoms with Crippen molar-refractivity contribution < 1.29 is 9.13 Å². The minimum absolute atomic E-state index is 0.0624. The van der Waals surface area contributed by atoms with E-state index in [0.29, 0.717) is 17.8 Å². The second-order valence-corrected chi connectivity index (χ2v) is 4.69. The number of ether oxygens (including phenoxy) is 1. The third-order valence-electron chi connectivity index (χ3n) is 2.85. The molecule has 2 rings (SSSR count). The Labute approximate surface area is 111 Å². The summed E-state index contributed by atoms with van der Waals surface area (Å²) in [5.41, 5.74) is 8.87. The molecule has 0 unspecified atom stereocenters. The second-order valence-electron chi connectivity index (χ2n) is 4.69. The van der Waals surface area contributed by atoms with Gasteiger partial charge < -0.3 is 10.5 Å². The minimum atomic E-state index is -0.394. The lowest BCUT2D eigenvalue weighted by Gasteiger charge is -2.11. The average Bonchev–Trinajstić information content (AvgIpc) is 2.72. The largest absolute Gasteiger partial charge is 0.488 e. The van der Waals surface area contributed by atoms with Crippen LogP contribution in [0.3, 0.4) is 0 Å². The van der Waals surface area contributed by atoms with Gasteiger partial charge in [0.2, 0.25) is 0 Å². The van der Waals surface area contributed by atoms with Crippen molar-refractivity contribution in [1.82, 2.24) is 10.2 Å². The van der Waals surface area contributed by atoms with Crippen LogP contribution >= 0.6 is 0 Å². The Morgan fingerprint density at radius 3 is 2.74 bits per heavy atom. The summed E-state index contributed by atoms with van der Waals surface area (Å²) in [6.07, 6.45) is -0.0624. The van der Waals surface area contributed by atoms with Gasteiger partial charge in [0.15, 0.2) is 11.6 Å². The molecule has 0 aliphatic rings. The van der Waals surface area contributed by atoms with Crippen molar-refractivity contribution in [2.45, 2.75) is 33.4 Å². The molecule has 0 bridgehead atoms. The van der Waals surface area contributed by atoms with Gasteiger partial charge in [-0.25, -0.2) is 4.39 Å². The Hall–Kier alpha value is -1.88. The molecule has 4 nitrogen and oxygen atoms in total. The molecule has 1 aromatic heterocycles. The van der Waals surface area contributed by atoms with E-state index in [1.54, 1.807) is 12.1 Å². The van der Waals surface area contributed by atoms with Crippen molar-refractivity contribution >= 4 is 0 Å². The summed E-state index contributed by atoms with van der Waals surface area (Å²) in [6, 6.07) is 4.83. The third-order valence-corrected chi connectivity index (χ3v) is 2.85. The van der Waals surface area contributed by atoms with E-state index in [2.05, 4.69) is 10.2 Å². The first-order chi connectivity index (χ1) is 9.02. The van der Waals surface area contributed by atoms with Crippen molar-refractivity contribution in [3.05, 3.63) is 35.3 Å². The van der Waals surface area contributed by atoms with E-state index in [4.69, 9.17) is 10.5 Å². The van der Waals surface area contributed by atoms with Crippen molar-refractivity contribution in [2.24, 2.45) is 5.73 Å². The Bertz CT molecular complexity index is 578. The second kappa shape index (κ2) is 5.40. The van der Waals surface area contributed by atoms with Crippen LogP contribution in [0, 0.1) is 12.7 Å². The van der Waals surface area contributed by atoms with Gasteiger partial charge in [0.1, 0.15) is 0 Å². The molecule has 1 heterocycles. The van der Waals surface area contributed by atoms with Gasteiger partial charge in [0, 0.05) is 23.4 Å². The predicted octanol–water partition coefficient (Wildman–Crippen LogP) is 2.77.